The summed E-state index contributed by atoms with van der Waals surface area (Å²) in [7, 11) is 0. The third-order valence-corrected chi connectivity index (χ3v) is 3.82. The molecule has 3 heteroatoms. The minimum atomic E-state index is -0.00615. The van der Waals surface area contributed by atoms with Gasteiger partial charge < -0.3 is 10.5 Å². The van der Waals surface area contributed by atoms with Crippen LogP contribution in [0.4, 0.5) is 0 Å². The molecule has 0 spiro atoms. The Hall–Kier alpha value is -2.47. The largest absolute Gasteiger partial charge is 0.440 e. The lowest BCUT2D eigenvalue weighted by atomic mass is 9.80. The SMILES string of the molecule is CC(C)[C@H]1C(C#N)=C(N)Oc2c1ccc1ccccc21. The molecule has 0 radical (unpaired) electrons. The summed E-state index contributed by atoms with van der Waals surface area (Å²) in [4.78, 5) is 0. The van der Waals surface area contributed by atoms with Crippen molar-refractivity contribution in [1.29, 1.82) is 5.26 Å². The van der Waals surface area contributed by atoms with Gasteiger partial charge in [-0.05, 0) is 11.3 Å². The monoisotopic (exact) mass is 264 g/mol. The van der Waals surface area contributed by atoms with Gasteiger partial charge in [0.15, 0.2) is 0 Å². The van der Waals surface area contributed by atoms with Gasteiger partial charge in [-0.2, -0.15) is 5.26 Å². The van der Waals surface area contributed by atoms with Crippen LogP contribution in [0.5, 0.6) is 5.75 Å². The summed E-state index contributed by atoms with van der Waals surface area (Å²) in [6.07, 6.45) is 0. The molecule has 0 bridgehead atoms. The zero-order valence-electron chi connectivity index (χ0n) is 11.6. The van der Waals surface area contributed by atoms with Gasteiger partial charge in [-0.25, -0.2) is 0 Å². The van der Waals surface area contributed by atoms with Crippen LogP contribution in [0, 0.1) is 17.2 Å². The zero-order valence-corrected chi connectivity index (χ0v) is 11.6. The van der Waals surface area contributed by atoms with E-state index in [-0.39, 0.29) is 17.7 Å². The van der Waals surface area contributed by atoms with Gasteiger partial charge in [0, 0.05) is 16.9 Å². The van der Waals surface area contributed by atoms with E-state index < -0.39 is 0 Å². The first-order chi connectivity index (χ1) is 9.63. The number of allylic oxidation sites excluding steroid dienone is 1. The van der Waals surface area contributed by atoms with Crippen molar-refractivity contribution < 1.29 is 4.74 Å². The third-order valence-electron chi connectivity index (χ3n) is 3.82. The molecule has 20 heavy (non-hydrogen) atoms. The lowest BCUT2D eigenvalue weighted by Gasteiger charge is -2.29. The Morgan fingerprint density at radius 3 is 2.65 bits per heavy atom. The third kappa shape index (κ3) is 1.73. The predicted octanol–water partition coefficient (Wildman–Crippen LogP) is 3.67. The molecule has 0 saturated carbocycles. The summed E-state index contributed by atoms with van der Waals surface area (Å²) >= 11 is 0. The van der Waals surface area contributed by atoms with Crippen LogP contribution in [0.25, 0.3) is 10.8 Å². The highest BCUT2D eigenvalue weighted by molar-refractivity contribution is 5.90. The van der Waals surface area contributed by atoms with Crippen molar-refractivity contribution in [2.24, 2.45) is 11.7 Å². The summed E-state index contributed by atoms with van der Waals surface area (Å²) in [5.74, 6) is 1.30. The van der Waals surface area contributed by atoms with Gasteiger partial charge >= 0.3 is 0 Å². The molecule has 100 valence electrons. The minimum absolute atomic E-state index is 0.00615. The zero-order chi connectivity index (χ0) is 14.3. The Morgan fingerprint density at radius 2 is 1.95 bits per heavy atom. The average molecular weight is 264 g/mol. The van der Waals surface area contributed by atoms with E-state index >= 15 is 0 Å². The van der Waals surface area contributed by atoms with Gasteiger partial charge in [0.1, 0.15) is 11.8 Å². The standard InChI is InChI=1S/C17H16N2O/c1-10(2)15-13-8-7-11-5-3-4-6-12(11)16(13)20-17(19)14(15)9-18/h3-8,10,15H,19H2,1-2H3/t15-/m1/s1. The molecule has 3 rings (SSSR count). The second-order valence-electron chi connectivity index (χ2n) is 5.42. The van der Waals surface area contributed by atoms with Crippen LogP contribution in [0.15, 0.2) is 47.9 Å². The Kier molecular flexibility index (Phi) is 2.87. The first kappa shape index (κ1) is 12.6. The van der Waals surface area contributed by atoms with E-state index in [9.17, 15) is 5.26 Å². The Balaban J connectivity index is 2.31. The molecule has 0 aliphatic carbocycles. The molecule has 1 aliphatic heterocycles. The van der Waals surface area contributed by atoms with Gasteiger partial charge in [0.2, 0.25) is 5.88 Å². The van der Waals surface area contributed by atoms with Gasteiger partial charge in [0.25, 0.3) is 0 Å². The van der Waals surface area contributed by atoms with E-state index in [1.807, 2.05) is 30.3 Å². The predicted molar refractivity (Wildman–Crippen MR) is 79.0 cm³/mol. The summed E-state index contributed by atoms with van der Waals surface area (Å²) in [6.45, 7) is 4.19. The van der Waals surface area contributed by atoms with E-state index in [2.05, 4.69) is 26.0 Å². The van der Waals surface area contributed by atoms with Crippen molar-refractivity contribution in [3.05, 3.63) is 53.4 Å². The first-order valence-electron chi connectivity index (χ1n) is 6.72. The number of ether oxygens (including phenoxy) is 1. The number of nitrogens with two attached hydrogens (primary N) is 1. The van der Waals surface area contributed by atoms with Crippen molar-refractivity contribution in [2.75, 3.05) is 0 Å². The molecule has 0 unspecified atom stereocenters. The number of hydrogen-bond acceptors (Lipinski definition) is 3. The highest BCUT2D eigenvalue weighted by Crippen LogP contribution is 2.45. The molecule has 2 aromatic carbocycles. The highest BCUT2D eigenvalue weighted by Gasteiger charge is 2.32. The van der Waals surface area contributed by atoms with E-state index in [4.69, 9.17) is 10.5 Å². The van der Waals surface area contributed by atoms with Crippen molar-refractivity contribution in [2.45, 2.75) is 19.8 Å². The molecular formula is C17H16N2O. The van der Waals surface area contributed by atoms with Gasteiger partial charge in [-0.1, -0.05) is 50.2 Å². The van der Waals surface area contributed by atoms with E-state index in [1.165, 1.54) is 0 Å². The maximum Gasteiger partial charge on any atom is 0.205 e. The van der Waals surface area contributed by atoms with Crippen LogP contribution >= 0.6 is 0 Å². The summed E-state index contributed by atoms with van der Waals surface area (Å²) in [5.41, 5.74) is 7.53. The molecule has 3 nitrogen and oxygen atoms in total. The van der Waals surface area contributed by atoms with Gasteiger partial charge in [0.05, 0.1) is 5.57 Å². The smallest absolute Gasteiger partial charge is 0.205 e. The fraction of sp³-hybridized carbons (Fsp3) is 0.235. The lowest BCUT2D eigenvalue weighted by Crippen LogP contribution is -2.23. The van der Waals surface area contributed by atoms with Crippen LogP contribution in [0.1, 0.15) is 25.3 Å². The number of benzene rings is 2. The molecule has 2 aromatic rings. The summed E-state index contributed by atoms with van der Waals surface area (Å²) < 4.78 is 5.76. The molecule has 0 fully saturated rings. The van der Waals surface area contributed by atoms with Gasteiger partial charge in [-0.3, -0.25) is 0 Å². The number of nitrogens with zero attached hydrogens (tertiary/aromatic N) is 1. The molecule has 0 saturated heterocycles. The topological polar surface area (TPSA) is 59.0 Å². The average Bonchev–Trinajstić information content (AvgIpc) is 2.45. The van der Waals surface area contributed by atoms with Crippen molar-refractivity contribution in [3.63, 3.8) is 0 Å². The normalized spacial score (nSPS) is 17.8. The second kappa shape index (κ2) is 4.57. The molecule has 0 amide bonds. The summed E-state index contributed by atoms with van der Waals surface area (Å²) in [5, 5.41) is 11.5. The van der Waals surface area contributed by atoms with E-state index in [1.54, 1.807) is 0 Å². The number of nitriles is 1. The van der Waals surface area contributed by atoms with E-state index in [0.29, 0.717) is 5.57 Å². The van der Waals surface area contributed by atoms with Crippen LogP contribution in [0.2, 0.25) is 0 Å². The highest BCUT2D eigenvalue weighted by atomic mass is 16.5. The quantitative estimate of drug-likeness (QED) is 0.855. The van der Waals surface area contributed by atoms with Crippen LogP contribution in [-0.2, 0) is 0 Å². The van der Waals surface area contributed by atoms with Crippen LogP contribution < -0.4 is 10.5 Å². The maximum atomic E-state index is 9.35. The lowest BCUT2D eigenvalue weighted by molar-refractivity contribution is 0.376. The number of rotatable bonds is 1. The van der Waals surface area contributed by atoms with E-state index in [0.717, 1.165) is 22.1 Å². The Bertz CT molecular complexity index is 753. The molecule has 1 aliphatic rings. The van der Waals surface area contributed by atoms with Crippen LogP contribution in [-0.4, -0.2) is 0 Å². The minimum Gasteiger partial charge on any atom is -0.440 e. The molecule has 2 N–H and O–H groups in total. The second-order valence-corrected chi connectivity index (χ2v) is 5.42. The molecule has 0 aromatic heterocycles. The van der Waals surface area contributed by atoms with Crippen molar-refractivity contribution in [1.82, 2.24) is 0 Å². The number of hydrogen-bond donors (Lipinski definition) is 1. The maximum absolute atomic E-state index is 9.35. The van der Waals surface area contributed by atoms with Crippen LogP contribution in [0.3, 0.4) is 0 Å². The number of fused-ring (bicyclic) bond motifs is 3. The summed E-state index contributed by atoms with van der Waals surface area (Å²) in [6, 6.07) is 14.4. The molecule has 1 atom stereocenters. The first-order valence-corrected chi connectivity index (χ1v) is 6.72. The van der Waals surface area contributed by atoms with Crippen molar-refractivity contribution >= 4 is 10.8 Å². The molecular weight excluding hydrogens is 248 g/mol. The fourth-order valence-corrected chi connectivity index (χ4v) is 2.91. The Labute approximate surface area is 118 Å². The molecule has 1 heterocycles. The van der Waals surface area contributed by atoms with Crippen molar-refractivity contribution in [3.8, 4) is 11.8 Å². The Morgan fingerprint density at radius 1 is 1.20 bits per heavy atom. The fourth-order valence-electron chi connectivity index (χ4n) is 2.91. The van der Waals surface area contributed by atoms with Gasteiger partial charge in [-0.15, -0.1) is 0 Å².